The van der Waals surface area contributed by atoms with Crippen molar-refractivity contribution >= 4 is 34.4 Å². The molecule has 49 heavy (non-hydrogen) atoms. The van der Waals surface area contributed by atoms with Crippen LogP contribution in [0.4, 0.5) is 18.9 Å². The van der Waals surface area contributed by atoms with Crippen molar-refractivity contribution < 1.29 is 35.5 Å². The van der Waals surface area contributed by atoms with Gasteiger partial charge in [0.25, 0.3) is 18.3 Å². The molecule has 0 fully saturated rings. The average Bonchev–Trinajstić information content (AvgIpc) is 3.09. The summed E-state index contributed by atoms with van der Waals surface area (Å²) in [6, 6.07) is 37.5. The van der Waals surface area contributed by atoms with Crippen LogP contribution in [0.3, 0.4) is 0 Å². The second kappa shape index (κ2) is 13.4. The number of anilines is 1. The number of benzene rings is 5. The maximum Gasteiger partial charge on any atom is 0.416 e. The number of rotatable bonds is 9. The predicted molar refractivity (Wildman–Crippen MR) is 187 cm³/mol. The Morgan fingerprint density at radius 2 is 1.35 bits per heavy atom. The second-order valence-electron chi connectivity index (χ2n) is 12.8. The van der Waals surface area contributed by atoms with Crippen LogP contribution in [0.2, 0.25) is 5.04 Å². The number of sulfonamides is 1. The molecule has 6 rings (SSSR count). The molecule has 5 aromatic carbocycles. The molecule has 0 N–H and O–H groups in total. The highest BCUT2D eigenvalue weighted by atomic mass is 32.2. The van der Waals surface area contributed by atoms with E-state index in [2.05, 4.69) is 45.0 Å². The lowest BCUT2D eigenvalue weighted by Gasteiger charge is -2.44. The highest BCUT2D eigenvalue weighted by Crippen LogP contribution is 2.42. The van der Waals surface area contributed by atoms with Crippen LogP contribution in [-0.4, -0.2) is 36.0 Å². The fourth-order valence-electron chi connectivity index (χ4n) is 6.23. The van der Waals surface area contributed by atoms with Crippen LogP contribution in [0.1, 0.15) is 26.3 Å². The van der Waals surface area contributed by atoms with Crippen LogP contribution in [0.15, 0.2) is 138 Å². The lowest BCUT2D eigenvalue weighted by atomic mass is 10.2. The first-order valence-corrected chi connectivity index (χ1v) is 19.1. The molecule has 5 aromatic rings. The molecule has 6 nitrogen and oxygen atoms in total. The molecular weight excluding hydrogens is 668 g/mol. The summed E-state index contributed by atoms with van der Waals surface area (Å²) in [5.41, 5.74) is -0.915. The second-order valence-corrected chi connectivity index (χ2v) is 19.0. The minimum absolute atomic E-state index is 0.0175. The van der Waals surface area contributed by atoms with E-state index >= 15 is 0 Å². The minimum atomic E-state index is -4.72. The summed E-state index contributed by atoms with van der Waals surface area (Å²) in [6.07, 6.45) is -5.52. The lowest BCUT2D eigenvalue weighted by molar-refractivity contribution is -0.137. The molecule has 1 atom stereocenters. The van der Waals surface area contributed by atoms with Crippen molar-refractivity contribution in [3.63, 3.8) is 0 Å². The molecule has 0 amide bonds. The first-order valence-electron chi connectivity index (χ1n) is 15.8. The van der Waals surface area contributed by atoms with Gasteiger partial charge in [0.2, 0.25) is 0 Å². The molecule has 11 heteroatoms. The Balaban J connectivity index is 1.41. The quantitative estimate of drug-likeness (QED) is 0.146. The normalized spacial score (nSPS) is 15.3. The summed E-state index contributed by atoms with van der Waals surface area (Å²) < 4.78 is 90.2. The van der Waals surface area contributed by atoms with Crippen LogP contribution >= 0.6 is 0 Å². The van der Waals surface area contributed by atoms with E-state index in [0.29, 0.717) is 17.6 Å². The van der Waals surface area contributed by atoms with Crippen LogP contribution in [0.5, 0.6) is 17.2 Å². The van der Waals surface area contributed by atoms with Crippen LogP contribution in [-0.2, 0) is 20.6 Å². The zero-order chi connectivity index (χ0) is 34.9. The molecule has 1 unspecified atom stereocenters. The molecule has 0 saturated carbocycles. The maximum absolute atomic E-state index is 14.3. The number of alkyl halides is 3. The van der Waals surface area contributed by atoms with E-state index in [-0.39, 0.29) is 29.6 Å². The third-order valence-corrected chi connectivity index (χ3v) is 15.3. The minimum Gasteiger partial charge on any atom is -0.484 e. The van der Waals surface area contributed by atoms with Crippen LogP contribution in [0.25, 0.3) is 0 Å². The molecule has 1 aliphatic heterocycles. The summed E-state index contributed by atoms with van der Waals surface area (Å²) in [6.45, 7) is 6.21. The van der Waals surface area contributed by atoms with Crippen molar-refractivity contribution in [1.82, 2.24) is 0 Å². The molecule has 0 radical (unpaired) electrons. The van der Waals surface area contributed by atoms with Crippen molar-refractivity contribution in [2.45, 2.75) is 43.0 Å². The third kappa shape index (κ3) is 6.96. The predicted octanol–water partition coefficient (Wildman–Crippen LogP) is 8.03. The first kappa shape index (κ1) is 34.3. The van der Waals surface area contributed by atoms with E-state index in [1.54, 1.807) is 36.4 Å². The van der Waals surface area contributed by atoms with E-state index in [4.69, 9.17) is 13.9 Å². The summed E-state index contributed by atoms with van der Waals surface area (Å²) >= 11 is 0. The zero-order valence-corrected chi connectivity index (χ0v) is 29.0. The van der Waals surface area contributed by atoms with E-state index in [1.807, 2.05) is 42.5 Å². The highest BCUT2D eigenvalue weighted by molar-refractivity contribution is 7.92. The van der Waals surface area contributed by atoms with Gasteiger partial charge in [-0.1, -0.05) is 106 Å². The Morgan fingerprint density at radius 3 is 1.92 bits per heavy atom. The summed E-state index contributed by atoms with van der Waals surface area (Å²) in [5, 5.41) is 1.73. The number of ether oxygens (including phenoxy) is 2. The summed E-state index contributed by atoms with van der Waals surface area (Å²) in [4.78, 5) is -0.490. The van der Waals surface area contributed by atoms with Gasteiger partial charge in [0.05, 0.1) is 29.3 Å². The van der Waals surface area contributed by atoms with E-state index in [9.17, 15) is 21.6 Å². The van der Waals surface area contributed by atoms with E-state index < -0.39 is 41.1 Å². The number of nitrogens with zero attached hydrogens (tertiary/aromatic N) is 1. The van der Waals surface area contributed by atoms with Crippen molar-refractivity contribution in [3.8, 4) is 17.2 Å². The SMILES string of the molecule is CC(C)(C)[Si](OCC1CN(S(=O)(=O)c2cccc(C(F)(F)F)c2)c2cc(Oc3ccccc3)ccc2O1)(c1ccccc1)c1ccccc1. The number of hydrogen-bond acceptors (Lipinski definition) is 5. The van der Waals surface area contributed by atoms with Gasteiger partial charge in [0.1, 0.15) is 23.4 Å². The molecule has 1 aliphatic rings. The van der Waals surface area contributed by atoms with Crippen LogP contribution in [0, 0.1) is 0 Å². The van der Waals surface area contributed by atoms with Crippen molar-refractivity contribution in [3.05, 3.63) is 139 Å². The number of para-hydroxylation sites is 1. The van der Waals surface area contributed by atoms with Gasteiger partial charge in [-0.05, 0) is 57.9 Å². The lowest BCUT2D eigenvalue weighted by Crippen LogP contribution is -2.67. The molecule has 0 aliphatic carbocycles. The molecule has 0 spiro atoms. The number of halogens is 3. The van der Waals surface area contributed by atoms with Gasteiger partial charge in [-0.15, -0.1) is 0 Å². The molecule has 254 valence electrons. The largest absolute Gasteiger partial charge is 0.484 e. The standard InChI is InChI=1S/C38H36F3NO5SSi/c1-37(2,3)49(33-18-9-5-10-19-33,34-20-11-6-12-21-34)45-27-31-26-42(48(43,44)32-17-13-14-28(24-32)38(39,40)41)35-25-30(22-23-36(35)47-31)46-29-15-7-4-8-16-29/h4-25,31H,26-27H2,1-3H3. The molecule has 0 saturated heterocycles. The van der Waals surface area contributed by atoms with Gasteiger partial charge in [0, 0.05) is 6.07 Å². The third-order valence-electron chi connectivity index (χ3n) is 8.49. The highest BCUT2D eigenvalue weighted by Gasteiger charge is 2.51. The monoisotopic (exact) mass is 703 g/mol. The fourth-order valence-corrected chi connectivity index (χ4v) is 12.4. The van der Waals surface area contributed by atoms with Gasteiger partial charge in [-0.25, -0.2) is 8.42 Å². The van der Waals surface area contributed by atoms with Crippen molar-refractivity contribution in [1.29, 1.82) is 0 Å². The van der Waals surface area contributed by atoms with E-state index in [1.165, 1.54) is 6.07 Å². The van der Waals surface area contributed by atoms with Crippen molar-refractivity contribution in [2.24, 2.45) is 0 Å². The zero-order valence-electron chi connectivity index (χ0n) is 27.2. The van der Waals surface area contributed by atoms with Crippen LogP contribution < -0.4 is 24.2 Å². The average molecular weight is 704 g/mol. The summed E-state index contributed by atoms with van der Waals surface area (Å²) in [5.74, 6) is 1.10. The topological polar surface area (TPSA) is 65.1 Å². The Hall–Kier alpha value is -4.58. The van der Waals surface area contributed by atoms with Gasteiger partial charge in [-0.2, -0.15) is 13.2 Å². The van der Waals surface area contributed by atoms with Gasteiger partial charge < -0.3 is 13.9 Å². The Morgan fingerprint density at radius 1 is 0.755 bits per heavy atom. The maximum atomic E-state index is 14.3. The van der Waals surface area contributed by atoms with Gasteiger partial charge >= 0.3 is 6.18 Å². The summed E-state index contributed by atoms with van der Waals surface area (Å²) in [7, 11) is -7.54. The van der Waals surface area contributed by atoms with Gasteiger partial charge in [0.15, 0.2) is 0 Å². The molecule has 0 bridgehead atoms. The van der Waals surface area contributed by atoms with E-state index in [0.717, 1.165) is 32.9 Å². The number of hydrogen-bond donors (Lipinski definition) is 0. The van der Waals surface area contributed by atoms with Gasteiger partial charge in [-0.3, -0.25) is 4.31 Å². The Bertz CT molecular complexity index is 1970. The number of fused-ring (bicyclic) bond motifs is 1. The first-order chi connectivity index (χ1) is 23.3. The molecule has 0 aromatic heterocycles. The Kier molecular flexibility index (Phi) is 9.36. The fraction of sp³-hybridized carbons (Fsp3) is 0.211. The molecule has 1 heterocycles. The molecular formula is C38H36F3NO5SSi. The van der Waals surface area contributed by atoms with Crippen molar-refractivity contribution in [2.75, 3.05) is 17.5 Å². The Labute approximate surface area is 285 Å². The smallest absolute Gasteiger partial charge is 0.416 e.